The van der Waals surface area contributed by atoms with Crippen molar-refractivity contribution in [3.05, 3.63) is 11.9 Å². The van der Waals surface area contributed by atoms with Crippen LogP contribution in [0.4, 0.5) is 0 Å². The van der Waals surface area contributed by atoms with Crippen molar-refractivity contribution < 1.29 is 14.7 Å². The fourth-order valence-electron chi connectivity index (χ4n) is 2.05. The number of amides is 1. The van der Waals surface area contributed by atoms with Crippen LogP contribution in [-0.4, -0.2) is 75.0 Å². The van der Waals surface area contributed by atoms with E-state index in [1.54, 1.807) is 23.7 Å². The van der Waals surface area contributed by atoms with Crippen LogP contribution in [0.1, 0.15) is 23.5 Å². The van der Waals surface area contributed by atoms with Crippen molar-refractivity contribution in [2.24, 2.45) is 0 Å². The van der Waals surface area contributed by atoms with Crippen molar-refractivity contribution in [3.8, 4) is 0 Å². The highest BCUT2D eigenvalue weighted by atomic mass is 16.4. The average molecular weight is 267 g/mol. The number of carboxylic acids is 1. The largest absolute Gasteiger partial charge is 0.476 e. The number of hydrogen-bond acceptors (Lipinski definition) is 5. The number of hydrogen-bond donors (Lipinski definition) is 1. The maximum Gasteiger partial charge on any atom is 0.358 e. The molecule has 1 fully saturated rings. The molecule has 0 saturated carbocycles. The van der Waals surface area contributed by atoms with Crippen LogP contribution >= 0.6 is 0 Å². The van der Waals surface area contributed by atoms with Crippen LogP contribution in [0.15, 0.2) is 6.20 Å². The summed E-state index contributed by atoms with van der Waals surface area (Å²) in [5.74, 6) is -1.03. The minimum absolute atomic E-state index is 0.0586. The Labute approximate surface area is 110 Å². The molecule has 2 rings (SSSR count). The lowest BCUT2D eigenvalue weighted by Gasteiger charge is -2.42. The number of aromatic carboxylic acids is 1. The van der Waals surface area contributed by atoms with Gasteiger partial charge in [-0.25, -0.2) is 9.48 Å². The predicted octanol–water partition coefficient (Wildman–Crippen LogP) is -0.690. The number of likely N-dealkylation sites (tertiary alicyclic amines) is 1. The lowest BCUT2D eigenvalue weighted by atomic mass is 10.1. The number of carbonyl (C=O) groups is 2. The third-order valence-corrected chi connectivity index (χ3v) is 3.34. The van der Waals surface area contributed by atoms with Gasteiger partial charge in [-0.2, -0.15) is 0 Å². The van der Waals surface area contributed by atoms with Gasteiger partial charge < -0.3 is 10.0 Å². The predicted molar refractivity (Wildman–Crippen MR) is 65.7 cm³/mol. The molecule has 19 heavy (non-hydrogen) atoms. The van der Waals surface area contributed by atoms with E-state index in [4.69, 9.17) is 5.11 Å². The molecule has 0 bridgehead atoms. The highest BCUT2D eigenvalue weighted by Crippen LogP contribution is 2.23. The molecule has 1 N–H and O–H groups in total. The fraction of sp³-hybridized carbons (Fsp3) is 0.636. The zero-order valence-corrected chi connectivity index (χ0v) is 11.1. The molecule has 1 amide bonds. The van der Waals surface area contributed by atoms with Gasteiger partial charge in [-0.1, -0.05) is 5.21 Å². The average Bonchev–Trinajstić information content (AvgIpc) is 2.75. The molecule has 1 aromatic rings. The summed E-state index contributed by atoms with van der Waals surface area (Å²) in [7, 11) is 3.46. The Hall–Kier alpha value is -1.96. The second kappa shape index (κ2) is 4.96. The molecule has 0 spiro atoms. The van der Waals surface area contributed by atoms with Gasteiger partial charge in [0.1, 0.15) is 0 Å². The highest BCUT2D eigenvalue weighted by Gasteiger charge is 2.35. The molecule has 0 aliphatic carbocycles. The Bertz CT molecular complexity index is 492. The summed E-state index contributed by atoms with van der Waals surface area (Å²) in [6.45, 7) is 3.20. The molecule has 0 aromatic carbocycles. The van der Waals surface area contributed by atoms with Gasteiger partial charge in [-0.15, -0.1) is 5.10 Å². The molecule has 1 unspecified atom stereocenters. The third-order valence-electron chi connectivity index (χ3n) is 3.34. The van der Waals surface area contributed by atoms with E-state index in [-0.39, 0.29) is 23.7 Å². The number of rotatable bonds is 4. The third kappa shape index (κ3) is 2.58. The molecule has 104 valence electrons. The summed E-state index contributed by atoms with van der Waals surface area (Å²) >= 11 is 0. The first-order valence-corrected chi connectivity index (χ1v) is 6.00. The van der Waals surface area contributed by atoms with Crippen LogP contribution in [0.25, 0.3) is 0 Å². The first-order chi connectivity index (χ1) is 8.90. The lowest BCUT2D eigenvalue weighted by Crippen LogP contribution is -2.56. The SMILES string of the molecule is CC(C(=O)N(C)C)N1CC(n2cc(C(=O)O)nn2)C1. The number of carboxylic acid groups (broad SMARTS) is 1. The summed E-state index contributed by atoms with van der Waals surface area (Å²) in [4.78, 5) is 26.1. The van der Waals surface area contributed by atoms with E-state index in [2.05, 4.69) is 10.3 Å². The Morgan fingerprint density at radius 1 is 1.47 bits per heavy atom. The smallest absolute Gasteiger partial charge is 0.358 e. The molecule has 1 aliphatic heterocycles. The summed E-state index contributed by atoms with van der Waals surface area (Å²) in [5, 5.41) is 16.1. The Kier molecular flexibility index (Phi) is 3.52. The summed E-state index contributed by atoms with van der Waals surface area (Å²) < 4.78 is 1.55. The van der Waals surface area contributed by atoms with Crippen molar-refractivity contribution in [2.45, 2.75) is 19.0 Å². The molecular formula is C11H17N5O3. The van der Waals surface area contributed by atoms with E-state index in [1.165, 1.54) is 6.20 Å². The standard InChI is InChI=1S/C11H17N5O3/c1-7(10(17)14(2)3)15-4-8(5-15)16-6-9(11(18)19)12-13-16/h6-8H,4-5H2,1-3H3,(H,18,19). The van der Waals surface area contributed by atoms with E-state index >= 15 is 0 Å². The van der Waals surface area contributed by atoms with Crippen molar-refractivity contribution >= 4 is 11.9 Å². The molecule has 2 heterocycles. The lowest BCUT2D eigenvalue weighted by molar-refractivity contribution is -0.136. The second-order valence-electron chi connectivity index (χ2n) is 4.91. The maximum atomic E-state index is 11.8. The van der Waals surface area contributed by atoms with E-state index < -0.39 is 5.97 Å². The van der Waals surface area contributed by atoms with E-state index in [1.807, 2.05) is 11.8 Å². The second-order valence-corrected chi connectivity index (χ2v) is 4.91. The number of aromatic nitrogens is 3. The molecule has 1 atom stereocenters. The summed E-state index contributed by atoms with van der Waals surface area (Å²) in [5.41, 5.74) is -0.0594. The maximum absolute atomic E-state index is 11.8. The van der Waals surface area contributed by atoms with Gasteiger partial charge in [-0.3, -0.25) is 9.69 Å². The topological polar surface area (TPSA) is 91.6 Å². The van der Waals surface area contributed by atoms with Crippen molar-refractivity contribution in [1.82, 2.24) is 24.8 Å². The molecule has 1 aliphatic rings. The van der Waals surface area contributed by atoms with Crippen molar-refractivity contribution in [3.63, 3.8) is 0 Å². The zero-order valence-electron chi connectivity index (χ0n) is 11.1. The number of carbonyl (C=O) groups excluding carboxylic acids is 1. The van der Waals surface area contributed by atoms with E-state index in [0.717, 1.165) is 0 Å². The Morgan fingerprint density at radius 3 is 2.58 bits per heavy atom. The summed E-state index contributed by atoms with van der Waals surface area (Å²) in [6.07, 6.45) is 1.42. The molecule has 8 heteroatoms. The van der Waals surface area contributed by atoms with Crippen LogP contribution in [0.5, 0.6) is 0 Å². The quantitative estimate of drug-likeness (QED) is 0.776. The van der Waals surface area contributed by atoms with E-state index in [9.17, 15) is 9.59 Å². The monoisotopic (exact) mass is 267 g/mol. The minimum atomic E-state index is -1.08. The van der Waals surface area contributed by atoms with Gasteiger partial charge in [0.05, 0.1) is 18.3 Å². The van der Waals surface area contributed by atoms with Gasteiger partial charge in [0.15, 0.2) is 5.69 Å². The zero-order chi connectivity index (χ0) is 14.2. The van der Waals surface area contributed by atoms with Crippen molar-refractivity contribution in [1.29, 1.82) is 0 Å². The van der Waals surface area contributed by atoms with Gasteiger partial charge in [-0.05, 0) is 6.92 Å². The van der Waals surface area contributed by atoms with Gasteiger partial charge in [0.2, 0.25) is 5.91 Å². The van der Waals surface area contributed by atoms with Crippen LogP contribution in [0, 0.1) is 0 Å². The normalized spacial score (nSPS) is 17.8. The van der Waals surface area contributed by atoms with Crippen LogP contribution in [-0.2, 0) is 4.79 Å². The highest BCUT2D eigenvalue weighted by molar-refractivity contribution is 5.84. The first-order valence-electron chi connectivity index (χ1n) is 6.00. The Morgan fingerprint density at radius 2 is 2.11 bits per heavy atom. The van der Waals surface area contributed by atoms with Gasteiger partial charge in [0.25, 0.3) is 0 Å². The Balaban J connectivity index is 1.92. The number of nitrogens with zero attached hydrogens (tertiary/aromatic N) is 5. The van der Waals surface area contributed by atoms with Crippen LogP contribution in [0.2, 0.25) is 0 Å². The molecule has 8 nitrogen and oxygen atoms in total. The molecule has 1 saturated heterocycles. The first kappa shape index (κ1) is 13.5. The van der Waals surface area contributed by atoms with Gasteiger partial charge in [0, 0.05) is 27.2 Å². The van der Waals surface area contributed by atoms with Crippen LogP contribution < -0.4 is 0 Å². The number of likely N-dealkylation sites (N-methyl/N-ethyl adjacent to an activating group) is 1. The summed E-state index contributed by atoms with van der Waals surface area (Å²) in [6, 6.07) is -0.0910. The van der Waals surface area contributed by atoms with Crippen LogP contribution in [0.3, 0.4) is 0 Å². The minimum Gasteiger partial charge on any atom is -0.476 e. The van der Waals surface area contributed by atoms with E-state index in [0.29, 0.717) is 13.1 Å². The molecular weight excluding hydrogens is 250 g/mol. The molecule has 0 radical (unpaired) electrons. The fourth-order valence-corrected chi connectivity index (χ4v) is 2.05. The molecule has 1 aromatic heterocycles. The van der Waals surface area contributed by atoms with Gasteiger partial charge >= 0.3 is 5.97 Å². The van der Waals surface area contributed by atoms with Crippen molar-refractivity contribution in [2.75, 3.05) is 27.2 Å².